The number of sulfonamides is 1. The van der Waals surface area contributed by atoms with Crippen molar-refractivity contribution >= 4 is 15.7 Å². The molecule has 0 bridgehead atoms. The highest BCUT2D eigenvalue weighted by atomic mass is 32.2. The van der Waals surface area contributed by atoms with Crippen LogP contribution >= 0.6 is 0 Å². The van der Waals surface area contributed by atoms with Gasteiger partial charge in [-0.3, -0.25) is 0 Å². The molecular formula is C14H18N2O3S. The predicted octanol–water partition coefficient (Wildman–Crippen LogP) is 2.30. The Morgan fingerprint density at radius 3 is 2.45 bits per heavy atom. The van der Waals surface area contributed by atoms with Crippen LogP contribution in [-0.4, -0.2) is 19.8 Å². The van der Waals surface area contributed by atoms with Gasteiger partial charge in [0.1, 0.15) is 11.5 Å². The monoisotopic (exact) mass is 294 g/mol. The Morgan fingerprint density at radius 2 is 1.90 bits per heavy atom. The van der Waals surface area contributed by atoms with E-state index in [1.54, 1.807) is 25.1 Å². The molecule has 2 N–H and O–H groups in total. The lowest BCUT2D eigenvalue weighted by Crippen LogP contribution is -2.26. The number of aryl methyl sites for hydroxylation is 2. The molecule has 0 saturated carbocycles. The summed E-state index contributed by atoms with van der Waals surface area (Å²) in [6.45, 7) is 3.80. The largest absolute Gasteiger partial charge is 0.465 e. The third kappa shape index (κ3) is 2.86. The fraction of sp³-hybridized carbons (Fsp3) is 0.286. The lowest BCUT2D eigenvalue weighted by Gasteiger charge is -2.16. The van der Waals surface area contributed by atoms with Gasteiger partial charge in [-0.15, -0.1) is 0 Å². The minimum absolute atomic E-state index is 0.194. The summed E-state index contributed by atoms with van der Waals surface area (Å²) in [4.78, 5) is 0.231. The van der Waals surface area contributed by atoms with Crippen LogP contribution in [0.2, 0.25) is 0 Å². The molecule has 0 fully saturated rings. The van der Waals surface area contributed by atoms with Gasteiger partial charge in [-0.25, -0.2) is 8.42 Å². The van der Waals surface area contributed by atoms with E-state index in [0.717, 1.165) is 11.3 Å². The van der Waals surface area contributed by atoms with Crippen molar-refractivity contribution in [3.63, 3.8) is 0 Å². The number of benzene rings is 1. The summed E-state index contributed by atoms with van der Waals surface area (Å²) in [5, 5.41) is 0. The summed E-state index contributed by atoms with van der Waals surface area (Å²) < 4.78 is 31.6. The first-order valence-corrected chi connectivity index (χ1v) is 7.62. The fourth-order valence-corrected chi connectivity index (χ4v) is 3.09. The van der Waals surface area contributed by atoms with Crippen molar-refractivity contribution in [1.82, 2.24) is 4.31 Å². The zero-order chi connectivity index (χ0) is 14.9. The number of rotatable bonds is 4. The van der Waals surface area contributed by atoms with E-state index in [0.29, 0.717) is 11.4 Å². The molecule has 0 aliphatic heterocycles. The Hall–Kier alpha value is -1.79. The molecule has 0 atom stereocenters. The van der Waals surface area contributed by atoms with E-state index in [1.807, 2.05) is 13.0 Å². The maximum Gasteiger partial charge on any atom is 0.243 e. The number of nitrogens with zero attached hydrogens (tertiary/aromatic N) is 1. The molecule has 1 heterocycles. The molecule has 0 aliphatic rings. The van der Waals surface area contributed by atoms with Gasteiger partial charge in [-0.1, -0.05) is 0 Å². The quantitative estimate of drug-likeness (QED) is 0.878. The van der Waals surface area contributed by atoms with Crippen LogP contribution in [-0.2, 0) is 16.6 Å². The number of hydrogen-bond donors (Lipinski definition) is 1. The number of anilines is 1. The summed E-state index contributed by atoms with van der Waals surface area (Å²) in [5.41, 5.74) is 7.03. The lowest BCUT2D eigenvalue weighted by atomic mass is 10.2. The predicted molar refractivity (Wildman–Crippen MR) is 77.7 cm³/mol. The first-order chi connectivity index (χ1) is 9.30. The highest BCUT2D eigenvalue weighted by Crippen LogP contribution is 2.21. The molecule has 108 valence electrons. The molecule has 0 aliphatic carbocycles. The molecule has 0 amide bonds. The Balaban J connectivity index is 2.27. The minimum atomic E-state index is -3.55. The van der Waals surface area contributed by atoms with E-state index in [-0.39, 0.29) is 11.4 Å². The number of nitrogen functional groups attached to an aromatic ring is 1. The van der Waals surface area contributed by atoms with Crippen LogP contribution in [0.15, 0.2) is 39.6 Å². The van der Waals surface area contributed by atoms with E-state index in [9.17, 15) is 8.42 Å². The van der Waals surface area contributed by atoms with Gasteiger partial charge < -0.3 is 10.2 Å². The highest BCUT2D eigenvalue weighted by molar-refractivity contribution is 7.89. The number of furan rings is 1. The number of nitrogens with two attached hydrogens (primary N) is 1. The van der Waals surface area contributed by atoms with Crippen LogP contribution in [0.25, 0.3) is 0 Å². The van der Waals surface area contributed by atoms with Crippen LogP contribution in [0, 0.1) is 13.8 Å². The summed E-state index contributed by atoms with van der Waals surface area (Å²) in [7, 11) is -2.02. The van der Waals surface area contributed by atoms with Gasteiger partial charge in [0.05, 0.1) is 11.4 Å². The van der Waals surface area contributed by atoms with Gasteiger partial charge in [0.15, 0.2) is 0 Å². The van der Waals surface area contributed by atoms with E-state index in [2.05, 4.69) is 0 Å². The summed E-state index contributed by atoms with van der Waals surface area (Å²) >= 11 is 0. The third-order valence-electron chi connectivity index (χ3n) is 3.12. The van der Waals surface area contributed by atoms with Crippen molar-refractivity contribution in [2.24, 2.45) is 0 Å². The number of hydrogen-bond acceptors (Lipinski definition) is 4. The maximum absolute atomic E-state index is 12.5. The normalized spacial score (nSPS) is 12.0. The molecular weight excluding hydrogens is 276 g/mol. The van der Waals surface area contributed by atoms with Gasteiger partial charge in [-0.2, -0.15) is 4.31 Å². The van der Waals surface area contributed by atoms with Crippen molar-refractivity contribution in [3.8, 4) is 0 Å². The summed E-state index contributed by atoms with van der Waals surface area (Å²) in [5.74, 6) is 1.37. The van der Waals surface area contributed by atoms with Gasteiger partial charge in [0.25, 0.3) is 0 Å². The topological polar surface area (TPSA) is 76.5 Å². The van der Waals surface area contributed by atoms with Crippen LogP contribution in [0.4, 0.5) is 5.69 Å². The van der Waals surface area contributed by atoms with E-state index in [4.69, 9.17) is 10.2 Å². The van der Waals surface area contributed by atoms with Crippen molar-refractivity contribution in [3.05, 3.63) is 47.4 Å². The zero-order valence-corrected chi connectivity index (χ0v) is 12.6. The van der Waals surface area contributed by atoms with E-state index in [1.165, 1.54) is 17.4 Å². The van der Waals surface area contributed by atoms with E-state index >= 15 is 0 Å². The highest BCUT2D eigenvalue weighted by Gasteiger charge is 2.22. The Morgan fingerprint density at radius 1 is 1.20 bits per heavy atom. The molecule has 2 rings (SSSR count). The SMILES string of the molecule is Cc1ccc(CN(C)S(=O)(=O)c2ccc(N)c(C)c2)o1. The Labute approximate surface area is 119 Å². The third-order valence-corrected chi connectivity index (χ3v) is 4.92. The van der Waals surface area contributed by atoms with Crippen LogP contribution in [0.1, 0.15) is 17.1 Å². The average Bonchev–Trinajstić information content (AvgIpc) is 2.78. The zero-order valence-electron chi connectivity index (χ0n) is 11.8. The van der Waals surface area contributed by atoms with Crippen molar-refractivity contribution < 1.29 is 12.8 Å². The molecule has 20 heavy (non-hydrogen) atoms. The molecule has 1 aromatic carbocycles. The van der Waals surface area contributed by atoms with Crippen molar-refractivity contribution in [1.29, 1.82) is 0 Å². The molecule has 1 aromatic heterocycles. The summed E-state index contributed by atoms with van der Waals surface area (Å²) in [6, 6.07) is 8.28. The minimum Gasteiger partial charge on any atom is -0.465 e. The maximum atomic E-state index is 12.5. The second kappa shape index (κ2) is 5.30. The fourth-order valence-electron chi connectivity index (χ4n) is 1.86. The van der Waals surface area contributed by atoms with Crippen molar-refractivity contribution in [2.45, 2.75) is 25.3 Å². The molecule has 5 nitrogen and oxygen atoms in total. The molecule has 0 unspecified atom stereocenters. The standard InChI is InChI=1S/C14H18N2O3S/c1-10-8-13(6-7-14(10)15)20(17,18)16(3)9-12-5-4-11(2)19-12/h4-8H,9,15H2,1-3H3. The van der Waals surface area contributed by atoms with E-state index < -0.39 is 10.0 Å². The Bertz CT molecular complexity index is 720. The second-order valence-electron chi connectivity index (χ2n) is 4.79. The van der Waals surface area contributed by atoms with Gasteiger partial charge >= 0.3 is 0 Å². The first-order valence-electron chi connectivity index (χ1n) is 6.18. The smallest absolute Gasteiger partial charge is 0.243 e. The second-order valence-corrected chi connectivity index (χ2v) is 6.84. The molecule has 2 aromatic rings. The molecule has 0 saturated heterocycles. The molecule has 0 spiro atoms. The van der Waals surface area contributed by atoms with Crippen molar-refractivity contribution in [2.75, 3.05) is 12.8 Å². The average molecular weight is 294 g/mol. The first kappa shape index (κ1) is 14.6. The van der Waals surface area contributed by atoms with Gasteiger partial charge in [0, 0.05) is 12.7 Å². The van der Waals surface area contributed by atoms with Crippen LogP contribution in [0.5, 0.6) is 0 Å². The van der Waals surface area contributed by atoms with Gasteiger partial charge in [-0.05, 0) is 49.7 Å². The Kier molecular flexibility index (Phi) is 3.87. The molecule has 6 heteroatoms. The van der Waals surface area contributed by atoms with Crippen LogP contribution < -0.4 is 5.73 Å². The molecule has 0 radical (unpaired) electrons. The van der Waals surface area contributed by atoms with Crippen LogP contribution in [0.3, 0.4) is 0 Å². The summed E-state index contributed by atoms with van der Waals surface area (Å²) in [6.07, 6.45) is 0. The van der Waals surface area contributed by atoms with Gasteiger partial charge in [0.2, 0.25) is 10.0 Å². The lowest BCUT2D eigenvalue weighted by molar-refractivity contribution is 0.397.